The second kappa shape index (κ2) is 7.41. The highest BCUT2D eigenvalue weighted by Crippen LogP contribution is 2.35. The quantitative estimate of drug-likeness (QED) is 0.714. The molecule has 1 heterocycles. The Bertz CT molecular complexity index is 413. The van der Waals surface area contributed by atoms with E-state index in [2.05, 4.69) is 65.3 Å². The van der Waals surface area contributed by atoms with E-state index < -0.39 is 0 Å². The number of anilines is 1. The van der Waals surface area contributed by atoms with E-state index in [0.29, 0.717) is 12.1 Å². The van der Waals surface area contributed by atoms with Crippen LogP contribution in [0, 0.1) is 0 Å². The minimum absolute atomic E-state index is 0.368. The van der Waals surface area contributed by atoms with Gasteiger partial charge in [-0.3, -0.25) is 0 Å². The van der Waals surface area contributed by atoms with E-state index in [4.69, 9.17) is 4.74 Å². The van der Waals surface area contributed by atoms with Crippen LogP contribution < -0.4 is 10.6 Å². The van der Waals surface area contributed by atoms with Crippen molar-refractivity contribution in [1.29, 1.82) is 0 Å². The van der Waals surface area contributed by atoms with Crippen molar-refractivity contribution < 1.29 is 4.74 Å². The Balaban J connectivity index is 1.96. The van der Waals surface area contributed by atoms with Crippen LogP contribution in [-0.2, 0) is 4.74 Å². The molecular formula is C13H17Br3N2O. The summed E-state index contributed by atoms with van der Waals surface area (Å²) in [5.74, 6) is 0. The Labute approximate surface area is 139 Å². The maximum Gasteiger partial charge on any atom is 0.0631 e. The Morgan fingerprint density at radius 3 is 2.63 bits per heavy atom. The Morgan fingerprint density at radius 2 is 2.05 bits per heavy atom. The summed E-state index contributed by atoms with van der Waals surface area (Å²) in [7, 11) is 0. The average Bonchev–Trinajstić information content (AvgIpc) is 2.35. The molecular weight excluding hydrogens is 440 g/mol. The van der Waals surface area contributed by atoms with Crippen LogP contribution in [0.4, 0.5) is 5.69 Å². The Kier molecular flexibility index (Phi) is 6.14. The van der Waals surface area contributed by atoms with Gasteiger partial charge >= 0.3 is 0 Å². The van der Waals surface area contributed by atoms with Crippen LogP contribution in [0.25, 0.3) is 0 Å². The lowest BCUT2D eigenvalue weighted by atomic mass is 10.1. The Morgan fingerprint density at radius 1 is 1.37 bits per heavy atom. The number of hydrogen-bond donors (Lipinski definition) is 2. The van der Waals surface area contributed by atoms with Gasteiger partial charge in [0.15, 0.2) is 0 Å². The molecule has 2 N–H and O–H groups in total. The maximum atomic E-state index is 5.48. The molecule has 0 amide bonds. The predicted octanol–water partition coefficient (Wildman–Crippen LogP) is 4.15. The molecule has 2 unspecified atom stereocenters. The first-order valence-corrected chi connectivity index (χ1v) is 8.66. The number of benzene rings is 1. The lowest BCUT2D eigenvalue weighted by Gasteiger charge is -2.27. The largest absolute Gasteiger partial charge is 0.381 e. The van der Waals surface area contributed by atoms with Crippen LogP contribution in [0.2, 0.25) is 0 Å². The number of morpholine rings is 1. The standard InChI is InChI=1S/C13H17Br3N2O/c1-8(4-10-7-19-3-2-17-10)18-13-11(15)5-9(14)6-12(13)16/h5-6,8,10,17-18H,2-4,7H2,1H3. The summed E-state index contributed by atoms with van der Waals surface area (Å²) < 4.78 is 8.63. The van der Waals surface area contributed by atoms with Crippen LogP contribution in [0.1, 0.15) is 13.3 Å². The van der Waals surface area contributed by atoms with E-state index in [9.17, 15) is 0 Å². The topological polar surface area (TPSA) is 33.3 Å². The second-order valence-corrected chi connectivity index (χ2v) is 7.38. The van der Waals surface area contributed by atoms with Crippen LogP contribution in [0.3, 0.4) is 0 Å². The van der Waals surface area contributed by atoms with Gasteiger partial charge in [-0.25, -0.2) is 0 Å². The van der Waals surface area contributed by atoms with Gasteiger partial charge in [0, 0.05) is 32.0 Å². The molecule has 0 aliphatic carbocycles. The first-order valence-electron chi connectivity index (χ1n) is 6.28. The zero-order chi connectivity index (χ0) is 13.8. The molecule has 1 saturated heterocycles. The van der Waals surface area contributed by atoms with Gasteiger partial charge in [-0.2, -0.15) is 0 Å². The van der Waals surface area contributed by atoms with Crippen molar-refractivity contribution in [3.05, 3.63) is 25.6 Å². The van der Waals surface area contributed by atoms with Gasteiger partial charge in [-0.05, 0) is 57.3 Å². The van der Waals surface area contributed by atoms with Crippen LogP contribution in [0.15, 0.2) is 25.6 Å². The van der Waals surface area contributed by atoms with Gasteiger partial charge in [-0.1, -0.05) is 15.9 Å². The van der Waals surface area contributed by atoms with Crippen molar-refractivity contribution in [2.45, 2.75) is 25.4 Å². The zero-order valence-corrected chi connectivity index (χ0v) is 15.4. The first-order chi connectivity index (χ1) is 9.06. The molecule has 0 radical (unpaired) electrons. The van der Waals surface area contributed by atoms with Crippen molar-refractivity contribution >= 4 is 53.5 Å². The van der Waals surface area contributed by atoms with Gasteiger partial charge in [0.25, 0.3) is 0 Å². The molecule has 1 aliphatic heterocycles. The molecule has 0 aromatic heterocycles. The van der Waals surface area contributed by atoms with E-state index >= 15 is 0 Å². The normalized spacial score (nSPS) is 21.2. The molecule has 3 nitrogen and oxygen atoms in total. The van der Waals surface area contributed by atoms with Crippen LogP contribution in [0.5, 0.6) is 0 Å². The molecule has 2 atom stereocenters. The van der Waals surface area contributed by atoms with E-state index in [0.717, 1.165) is 45.3 Å². The highest BCUT2D eigenvalue weighted by Gasteiger charge is 2.17. The smallest absolute Gasteiger partial charge is 0.0631 e. The summed E-state index contributed by atoms with van der Waals surface area (Å²) in [6, 6.07) is 4.89. The predicted molar refractivity (Wildman–Crippen MR) is 89.9 cm³/mol. The van der Waals surface area contributed by atoms with Gasteiger partial charge in [-0.15, -0.1) is 0 Å². The number of halogens is 3. The summed E-state index contributed by atoms with van der Waals surface area (Å²) in [4.78, 5) is 0. The third kappa shape index (κ3) is 4.70. The van der Waals surface area contributed by atoms with Gasteiger partial charge in [0.05, 0.1) is 18.9 Å². The lowest BCUT2D eigenvalue weighted by Crippen LogP contribution is -2.43. The lowest BCUT2D eigenvalue weighted by molar-refractivity contribution is 0.0731. The molecule has 2 rings (SSSR count). The average molecular weight is 457 g/mol. The zero-order valence-electron chi connectivity index (χ0n) is 10.7. The van der Waals surface area contributed by atoms with E-state index in [1.54, 1.807) is 0 Å². The molecule has 1 aromatic rings. The molecule has 0 bridgehead atoms. The fourth-order valence-corrected chi connectivity index (χ4v) is 4.67. The third-order valence-corrected chi connectivity index (χ3v) is 4.74. The van der Waals surface area contributed by atoms with Crippen molar-refractivity contribution in [1.82, 2.24) is 5.32 Å². The SMILES string of the molecule is CC(CC1COCCN1)Nc1c(Br)cc(Br)cc1Br. The molecule has 106 valence electrons. The number of ether oxygens (including phenoxy) is 1. The first kappa shape index (κ1) is 15.8. The van der Waals surface area contributed by atoms with Crippen molar-refractivity contribution in [3.8, 4) is 0 Å². The molecule has 19 heavy (non-hydrogen) atoms. The van der Waals surface area contributed by atoms with Crippen molar-refractivity contribution in [2.75, 3.05) is 25.1 Å². The minimum Gasteiger partial charge on any atom is -0.381 e. The molecule has 0 saturated carbocycles. The third-order valence-electron chi connectivity index (χ3n) is 3.03. The summed E-state index contributed by atoms with van der Waals surface area (Å²) in [5, 5.41) is 7.02. The number of rotatable bonds is 4. The number of hydrogen-bond acceptors (Lipinski definition) is 3. The van der Waals surface area contributed by atoms with Crippen LogP contribution in [-0.4, -0.2) is 31.8 Å². The molecule has 6 heteroatoms. The summed E-state index contributed by atoms with van der Waals surface area (Å²) >= 11 is 10.7. The van der Waals surface area contributed by atoms with Gasteiger partial charge in [0.1, 0.15) is 0 Å². The van der Waals surface area contributed by atoms with E-state index in [-0.39, 0.29) is 0 Å². The fraction of sp³-hybridized carbons (Fsp3) is 0.538. The fourth-order valence-electron chi connectivity index (χ4n) is 2.18. The summed E-state index contributed by atoms with van der Waals surface area (Å²) in [5.41, 5.74) is 1.09. The molecule has 0 spiro atoms. The highest BCUT2D eigenvalue weighted by molar-refractivity contribution is 9.11. The maximum absolute atomic E-state index is 5.48. The molecule has 1 aromatic carbocycles. The van der Waals surface area contributed by atoms with Crippen molar-refractivity contribution in [2.24, 2.45) is 0 Å². The van der Waals surface area contributed by atoms with Crippen LogP contribution >= 0.6 is 47.8 Å². The monoisotopic (exact) mass is 454 g/mol. The van der Waals surface area contributed by atoms with Gasteiger partial charge in [0.2, 0.25) is 0 Å². The number of nitrogens with one attached hydrogen (secondary N) is 2. The Hall–Kier alpha value is 0.380. The minimum atomic E-state index is 0.368. The van der Waals surface area contributed by atoms with Crippen molar-refractivity contribution in [3.63, 3.8) is 0 Å². The molecule has 1 aliphatic rings. The second-order valence-electron chi connectivity index (χ2n) is 4.75. The van der Waals surface area contributed by atoms with E-state index in [1.165, 1.54) is 0 Å². The van der Waals surface area contributed by atoms with E-state index in [1.807, 2.05) is 12.1 Å². The summed E-state index contributed by atoms with van der Waals surface area (Å²) in [6.07, 6.45) is 1.04. The highest BCUT2D eigenvalue weighted by atomic mass is 79.9. The molecule has 1 fully saturated rings. The summed E-state index contributed by atoms with van der Waals surface area (Å²) in [6.45, 7) is 4.76. The van der Waals surface area contributed by atoms with Gasteiger partial charge < -0.3 is 15.4 Å².